The van der Waals surface area contributed by atoms with Crippen molar-refractivity contribution in [2.45, 2.75) is 26.3 Å². The number of hydrogen-bond donors (Lipinski definition) is 0. The summed E-state index contributed by atoms with van der Waals surface area (Å²) in [5.41, 5.74) is 0.807. The summed E-state index contributed by atoms with van der Waals surface area (Å²) in [6.07, 6.45) is 1.66. The summed E-state index contributed by atoms with van der Waals surface area (Å²) in [6, 6.07) is 2.14. The Labute approximate surface area is 76.6 Å². The molecule has 1 aromatic rings. The first kappa shape index (κ1) is 9.08. The highest BCUT2D eigenvalue weighted by atomic mass is 35.5. The number of aryl methyl sites for hydroxylation is 1. The Morgan fingerprint density at radius 3 is 3.00 bits per heavy atom. The van der Waals surface area contributed by atoms with E-state index in [4.69, 9.17) is 16.9 Å². The van der Waals surface area contributed by atoms with Crippen LogP contribution in [0.1, 0.15) is 25.5 Å². The van der Waals surface area contributed by atoms with E-state index < -0.39 is 0 Å². The van der Waals surface area contributed by atoms with E-state index >= 15 is 0 Å². The molecule has 0 N–H and O–H groups in total. The Morgan fingerprint density at radius 2 is 2.50 bits per heavy atom. The molecule has 1 aromatic heterocycles. The summed E-state index contributed by atoms with van der Waals surface area (Å²) >= 11 is 5.81. The van der Waals surface area contributed by atoms with E-state index in [2.05, 4.69) is 11.1 Å². The Kier molecular flexibility index (Phi) is 2.72. The van der Waals surface area contributed by atoms with Crippen LogP contribution in [0.5, 0.6) is 0 Å². The molecule has 12 heavy (non-hydrogen) atoms. The fourth-order valence-corrected chi connectivity index (χ4v) is 1.42. The first-order chi connectivity index (χ1) is 5.70. The third kappa shape index (κ3) is 1.44. The van der Waals surface area contributed by atoms with Crippen LogP contribution in [0, 0.1) is 11.3 Å². The fraction of sp³-hybridized carbons (Fsp3) is 0.500. The lowest BCUT2D eigenvalue weighted by atomic mass is 10.1. The lowest BCUT2D eigenvalue weighted by Crippen LogP contribution is -2.02. The van der Waals surface area contributed by atoms with Gasteiger partial charge in [0.2, 0.25) is 0 Å². The summed E-state index contributed by atoms with van der Waals surface area (Å²) < 4.78 is 1.89. The second kappa shape index (κ2) is 3.59. The van der Waals surface area contributed by atoms with Gasteiger partial charge in [-0.2, -0.15) is 5.26 Å². The van der Waals surface area contributed by atoms with Crippen LogP contribution in [0.15, 0.2) is 6.33 Å². The van der Waals surface area contributed by atoms with Gasteiger partial charge in [0.15, 0.2) is 5.15 Å². The standard InChI is InChI=1S/C8H10ClN3/c1-3-12-5-11-8(9)7(12)6(2)4-10/h5-6H,3H2,1-2H3. The van der Waals surface area contributed by atoms with Crippen LogP contribution < -0.4 is 0 Å². The number of hydrogen-bond acceptors (Lipinski definition) is 2. The largest absolute Gasteiger partial charge is 0.332 e. The number of rotatable bonds is 2. The number of nitriles is 1. The zero-order chi connectivity index (χ0) is 9.14. The monoisotopic (exact) mass is 183 g/mol. The minimum atomic E-state index is -0.194. The Hall–Kier alpha value is -1.01. The second-order valence-corrected chi connectivity index (χ2v) is 2.92. The molecule has 1 unspecified atom stereocenters. The molecule has 0 amide bonds. The molecule has 0 saturated heterocycles. The van der Waals surface area contributed by atoms with E-state index in [-0.39, 0.29) is 5.92 Å². The van der Waals surface area contributed by atoms with Gasteiger partial charge in [-0.05, 0) is 13.8 Å². The zero-order valence-electron chi connectivity index (χ0n) is 7.08. The maximum Gasteiger partial charge on any atom is 0.151 e. The first-order valence-electron chi connectivity index (χ1n) is 3.80. The summed E-state index contributed by atoms with van der Waals surface area (Å²) in [4.78, 5) is 3.93. The van der Waals surface area contributed by atoms with E-state index in [1.807, 2.05) is 18.4 Å². The summed E-state index contributed by atoms with van der Waals surface area (Å²) in [6.45, 7) is 4.60. The van der Waals surface area contributed by atoms with Gasteiger partial charge in [0.1, 0.15) is 0 Å². The predicted octanol–water partition coefficient (Wildman–Crippen LogP) is 2.18. The molecule has 0 saturated carbocycles. The second-order valence-electron chi connectivity index (χ2n) is 2.56. The normalized spacial score (nSPS) is 12.5. The maximum absolute atomic E-state index is 8.70. The third-order valence-corrected chi connectivity index (χ3v) is 2.07. The third-order valence-electron chi connectivity index (χ3n) is 1.78. The van der Waals surface area contributed by atoms with Crippen molar-refractivity contribution in [3.05, 3.63) is 17.2 Å². The van der Waals surface area contributed by atoms with Gasteiger partial charge in [-0.15, -0.1) is 0 Å². The number of imidazole rings is 1. The van der Waals surface area contributed by atoms with Gasteiger partial charge in [0, 0.05) is 6.54 Å². The molecule has 1 rings (SSSR count). The smallest absolute Gasteiger partial charge is 0.151 e. The quantitative estimate of drug-likeness (QED) is 0.705. The van der Waals surface area contributed by atoms with Crippen LogP contribution in [0.2, 0.25) is 5.15 Å². The molecule has 4 heteroatoms. The summed E-state index contributed by atoms with van der Waals surface area (Å²) in [5, 5.41) is 9.14. The average Bonchev–Trinajstić information content (AvgIpc) is 2.45. The minimum absolute atomic E-state index is 0.194. The van der Waals surface area contributed by atoms with Crippen molar-refractivity contribution in [3.8, 4) is 6.07 Å². The molecule has 0 spiro atoms. The van der Waals surface area contributed by atoms with Gasteiger partial charge in [-0.1, -0.05) is 11.6 Å². The fourth-order valence-electron chi connectivity index (χ4n) is 1.11. The van der Waals surface area contributed by atoms with Gasteiger partial charge in [-0.25, -0.2) is 4.98 Å². The van der Waals surface area contributed by atoms with Crippen LogP contribution in [0.25, 0.3) is 0 Å². The number of aromatic nitrogens is 2. The molecule has 1 atom stereocenters. The highest BCUT2D eigenvalue weighted by Gasteiger charge is 2.14. The van der Waals surface area contributed by atoms with E-state index in [0.29, 0.717) is 5.15 Å². The Morgan fingerprint density at radius 1 is 1.83 bits per heavy atom. The number of nitrogens with zero attached hydrogens (tertiary/aromatic N) is 3. The lowest BCUT2D eigenvalue weighted by Gasteiger charge is -2.06. The van der Waals surface area contributed by atoms with Gasteiger partial charge in [0.05, 0.1) is 24.0 Å². The molecule has 0 fully saturated rings. The predicted molar refractivity (Wildman–Crippen MR) is 46.9 cm³/mol. The lowest BCUT2D eigenvalue weighted by molar-refractivity contribution is 0.698. The highest BCUT2D eigenvalue weighted by Crippen LogP contribution is 2.22. The summed E-state index contributed by atoms with van der Waals surface area (Å²) in [7, 11) is 0. The summed E-state index contributed by atoms with van der Waals surface area (Å²) in [5.74, 6) is -0.194. The van der Waals surface area contributed by atoms with Crippen molar-refractivity contribution in [1.82, 2.24) is 9.55 Å². The SMILES string of the molecule is CCn1cnc(Cl)c1C(C)C#N. The van der Waals surface area contributed by atoms with E-state index in [9.17, 15) is 0 Å². The molecular formula is C8H10ClN3. The molecule has 0 aliphatic heterocycles. The van der Waals surface area contributed by atoms with Crippen molar-refractivity contribution in [2.75, 3.05) is 0 Å². The van der Waals surface area contributed by atoms with Crippen LogP contribution in [0.3, 0.4) is 0 Å². The zero-order valence-corrected chi connectivity index (χ0v) is 7.84. The molecule has 0 aromatic carbocycles. The van der Waals surface area contributed by atoms with Crippen molar-refractivity contribution < 1.29 is 0 Å². The van der Waals surface area contributed by atoms with Gasteiger partial charge >= 0.3 is 0 Å². The van der Waals surface area contributed by atoms with E-state index in [1.54, 1.807) is 6.33 Å². The van der Waals surface area contributed by atoms with Crippen LogP contribution in [0.4, 0.5) is 0 Å². The molecule has 1 heterocycles. The van der Waals surface area contributed by atoms with Crippen molar-refractivity contribution in [1.29, 1.82) is 5.26 Å². The topological polar surface area (TPSA) is 41.6 Å². The molecule has 0 aliphatic carbocycles. The molecule has 3 nitrogen and oxygen atoms in total. The minimum Gasteiger partial charge on any atom is -0.332 e. The van der Waals surface area contributed by atoms with Gasteiger partial charge in [0.25, 0.3) is 0 Å². The van der Waals surface area contributed by atoms with Crippen LogP contribution in [-0.4, -0.2) is 9.55 Å². The average molecular weight is 184 g/mol. The van der Waals surface area contributed by atoms with Crippen LogP contribution in [-0.2, 0) is 6.54 Å². The van der Waals surface area contributed by atoms with E-state index in [1.165, 1.54) is 0 Å². The van der Waals surface area contributed by atoms with Crippen LogP contribution >= 0.6 is 11.6 Å². The van der Waals surface area contributed by atoms with Crippen molar-refractivity contribution in [3.63, 3.8) is 0 Å². The first-order valence-corrected chi connectivity index (χ1v) is 4.18. The molecule has 64 valence electrons. The highest BCUT2D eigenvalue weighted by molar-refractivity contribution is 6.30. The number of halogens is 1. The van der Waals surface area contributed by atoms with Crippen molar-refractivity contribution in [2.24, 2.45) is 0 Å². The van der Waals surface area contributed by atoms with E-state index in [0.717, 1.165) is 12.2 Å². The molecule has 0 bridgehead atoms. The van der Waals surface area contributed by atoms with Gasteiger partial charge in [-0.3, -0.25) is 0 Å². The maximum atomic E-state index is 8.70. The molecular weight excluding hydrogens is 174 g/mol. The molecule has 0 aliphatic rings. The molecule has 0 radical (unpaired) electrons. The Balaban J connectivity index is 3.12. The van der Waals surface area contributed by atoms with Gasteiger partial charge < -0.3 is 4.57 Å². The van der Waals surface area contributed by atoms with Crippen molar-refractivity contribution >= 4 is 11.6 Å². The Bertz CT molecular complexity index is 311.